The number of benzene rings is 3. The van der Waals surface area contributed by atoms with Gasteiger partial charge in [0, 0.05) is 11.1 Å². The fourth-order valence-electron chi connectivity index (χ4n) is 2.76. The molecule has 0 aliphatic carbocycles. The zero-order chi connectivity index (χ0) is 23.3. The third-order valence-corrected chi connectivity index (χ3v) is 6.05. The molecule has 0 aliphatic rings. The maximum absolute atomic E-state index is 12.8. The molecule has 0 fully saturated rings. The number of halogens is 1. The van der Waals surface area contributed by atoms with Crippen molar-refractivity contribution in [3.63, 3.8) is 0 Å². The van der Waals surface area contributed by atoms with E-state index < -0.39 is 20.6 Å². The van der Waals surface area contributed by atoms with Gasteiger partial charge in [0.1, 0.15) is 11.4 Å². The van der Waals surface area contributed by atoms with Crippen molar-refractivity contribution in [1.82, 2.24) is 0 Å². The Hall–Kier alpha value is -3.63. The molecule has 0 saturated heterocycles. The molecule has 0 saturated carbocycles. The van der Waals surface area contributed by atoms with Gasteiger partial charge in [-0.05, 0) is 48.9 Å². The summed E-state index contributed by atoms with van der Waals surface area (Å²) >= 11 is 5.87. The topological polar surface area (TPSA) is 123 Å². The number of hydrogen-bond acceptors (Lipinski definition) is 7. The molecule has 2 N–H and O–H groups in total. The number of nitro benzene ring substituents is 1. The van der Waals surface area contributed by atoms with Gasteiger partial charge in [-0.2, -0.15) is 5.10 Å². The summed E-state index contributed by atoms with van der Waals surface area (Å²) in [6.07, 6.45) is 0. The number of anilines is 2. The quantitative estimate of drug-likeness (QED) is 0.272. The molecule has 0 aliphatic heterocycles. The number of sulfonamides is 1. The lowest BCUT2D eigenvalue weighted by Crippen LogP contribution is -2.14. The predicted octanol–water partition coefficient (Wildman–Crippen LogP) is 4.89. The Morgan fingerprint density at radius 3 is 2.41 bits per heavy atom. The van der Waals surface area contributed by atoms with Crippen LogP contribution >= 0.6 is 11.6 Å². The molecule has 0 radical (unpaired) electrons. The van der Waals surface area contributed by atoms with E-state index in [0.717, 1.165) is 11.6 Å². The van der Waals surface area contributed by atoms with Crippen molar-refractivity contribution in [3.8, 4) is 5.75 Å². The van der Waals surface area contributed by atoms with Crippen LogP contribution in [0.25, 0.3) is 0 Å². The lowest BCUT2D eigenvalue weighted by Gasteiger charge is -2.12. The van der Waals surface area contributed by atoms with Gasteiger partial charge in [-0.15, -0.1) is 0 Å². The van der Waals surface area contributed by atoms with Crippen LogP contribution in [0.4, 0.5) is 17.1 Å². The van der Waals surface area contributed by atoms with Gasteiger partial charge >= 0.3 is 0 Å². The first-order valence-corrected chi connectivity index (χ1v) is 11.1. The van der Waals surface area contributed by atoms with E-state index in [-0.39, 0.29) is 16.3 Å². The first-order valence-electron chi connectivity index (χ1n) is 9.22. The van der Waals surface area contributed by atoms with Crippen molar-refractivity contribution in [2.24, 2.45) is 5.10 Å². The maximum atomic E-state index is 12.8. The number of ether oxygens (including phenoxy) is 1. The van der Waals surface area contributed by atoms with E-state index >= 15 is 0 Å². The first kappa shape index (κ1) is 23.0. The zero-order valence-electron chi connectivity index (χ0n) is 17.1. The van der Waals surface area contributed by atoms with Crippen molar-refractivity contribution in [2.45, 2.75) is 11.8 Å². The highest BCUT2D eigenvalue weighted by Gasteiger charge is 2.22. The van der Waals surface area contributed by atoms with Crippen LogP contribution in [0, 0.1) is 10.1 Å². The van der Waals surface area contributed by atoms with Crippen LogP contribution in [-0.4, -0.2) is 26.2 Å². The first-order chi connectivity index (χ1) is 15.2. The summed E-state index contributed by atoms with van der Waals surface area (Å²) in [7, 11) is -2.70. The number of nitrogens with zero attached hydrogens (tertiary/aromatic N) is 2. The largest absolute Gasteiger partial charge is 0.495 e. The summed E-state index contributed by atoms with van der Waals surface area (Å²) in [4.78, 5) is 10.6. The number of hydrazone groups is 1. The van der Waals surface area contributed by atoms with Gasteiger partial charge in [0.05, 0.1) is 28.3 Å². The average molecular weight is 475 g/mol. The standard InChI is InChI=1S/C21H19ClN4O5S/c1-14(15-7-9-16(22)10-8-15)23-24-18-12-11-17(13-20(18)26(27)28)32(29,30)25-19-5-3-4-6-21(19)31-2/h3-13,24-25H,1-2H3/b23-14+. The van der Waals surface area contributed by atoms with Crippen LogP contribution in [0.3, 0.4) is 0 Å². The number of hydrogen-bond donors (Lipinski definition) is 2. The Labute approximate surface area is 189 Å². The Balaban J connectivity index is 1.89. The molecule has 166 valence electrons. The van der Waals surface area contributed by atoms with Gasteiger partial charge in [0.2, 0.25) is 0 Å². The van der Waals surface area contributed by atoms with Gasteiger partial charge in [-0.1, -0.05) is 35.9 Å². The van der Waals surface area contributed by atoms with E-state index in [4.69, 9.17) is 16.3 Å². The minimum atomic E-state index is -4.11. The van der Waals surface area contributed by atoms with E-state index in [1.165, 1.54) is 25.3 Å². The summed E-state index contributed by atoms with van der Waals surface area (Å²) < 4.78 is 33.1. The highest BCUT2D eigenvalue weighted by Crippen LogP contribution is 2.30. The number of nitro groups is 1. The Morgan fingerprint density at radius 2 is 1.75 bits per heavy atom. The maximum Gasteiger partial charge on any atom is 0.295 e. The SMILES string of the molecule is COc1ccccc1NS(=O)(=O)c1ccc(N/N=C(\C)c2ccc(Cl)cc2)c([N+](=O)[O-])c1. The van der Waals surface area contributed by atoms with E-state index in [2.05, 4.69) is 15.2 Å². The predicted molar refractivity (Wildman–Crippen MR) is 124 cm³/mol. The van der Waals surface area contributed by atoms with E-state index in [0.29, 0.717) is 16.5 Å². The molecule has 11 heteroatoms. The second-order valence-electron chi connectivity index (χ2n) is 6.56. The highest BCUT2D eigenvalue weighted by molar-refractivity contribution is 7.92. The van der Waals surface area contributed by atoms with Crippen molar-refractivity contribution in [3.05, 3.63) is 87.4 Å². The molecule has 0 aromatic heterocycles. The third kappa shape index (κ3) is 5.34. The number of para-hydroxylation sites is 2. The number of rotatable bonds is 8. The molecule has 0 amide bonds. The molecule has 0 unspecified atom stereocenters. The summed E-state index contributed by atoms with van der Waals surface area (Å²) in [5.74, 6) is 0.316. The Bertz CT molecular complexity index is 1280. The van der Waals surface area contributed by atoms with E-state index in [1.807, 2.05) is 0 Å². The Kier molecular flexibility index (Phi) is 6.96. The third-order valence-electron chi connectivity index (χ3n) is 4.43. The van der Waals surface area contributed by atoms with Crippen LogP contribution in [0.5, 0.6) is 5.75 Å². The molecular weight excluding hydrogens is 456 g/mol. The van der Waals surface area contributed by atoms with E-state index in [1.54, 1.807) is 49.4 Å². The number of methoxy groups -OCH3 is 1. The lowest BCUT2D eigenvalue weighted by atomic mass is 10.1. The lowest BCUT2D eigenvalue weighted by molar-refractivity contribution is -0.384. The second kappa shape index (κ2) is 9.67. The molecule has 3 aromatic carbocycles. The molecule has 0 atom stereocenters. The fourth-order valence-corrected chi connectivity index (χ4v) is 3.97. The zero-order valence-corrected chi connectivity index (χ0v) is 18.6. The minimum absolute atomic E-state index is 0.0413. The molecule has 0 heterocycles. The molecule has 32 heavy (non-hydrogen) atoms. The van der Waals surface area contributed by atoms with Gasteiger partial charge < -0.3 is 4.74 Å². The molecule has 3 rings (SSSR count). The monoisotopic (exact) mass is 474 g/mol. The van der Waals surface area contributed by atoms with Crippen molar-refractivity contribution in [2.75, 3.05) is 17.3 Å². The highest BCUT2D eigenvalue weighted by atomic mass is 35.5. The Morgan fingerprint density at radius 1 is 1.06 bits per heavy atom. The van der Waals surface area contributed by atoms with Crippen LogP contribution in [0.2, 0.25) is 5.02 Å². The second-order valence-corrected chi connectivity index (χ2v) is 8.68. The van der Waals surface area contributed by atoms with Gasteiger partial charge in [0.15, 0.2) is 0 Å². The van der Waals surface area contributed by atoms with Crippen LogP contribution in [0.15, 0.2) is 76.7 Å². The van der Waals surface area contributed by atoms with Crippen molar-refractivity contribution in [1.29, 1.82) is 0 Å². The summed E-state index contributed by atoms with van der Waals surface area (Å²) in [6.45, 7) is 1.72. The van der Waals surface area contributed by atoms with Gasteiger partial charge in [-0.3, -0.25) is 20.3 Å². The average Bonchev–Trinajstić information content (AvgIpc) is 2.77. The summed E-state index contributed by atoms with van der Waals surface area (Å²) in [5, 5.41) is 16.3. The smallest absolute Gasteiger partial charge is 0.295 e. The van der Waals surface area contributed by atoms with Crippen molar-refractivity contribution < 1.29 is 18.1 Å². The molecule has 3 aromatic rings. The molecule has 9 nitrogen and oxygen atoms in total. The van der Waals surface area contributed by atoms with Crippen molar-refractivity contribution >= 4 is 44.4 Å². The van der Waals surface area contributed by atoms with Crippen LogP contribution in [0.1, 0.15) is 12.5 Å². The van der Waals surface area contributed by atoms with Crippen LogP contribution in [-0.2, 0) is 10.0 Å². The molecular formula is C21H19ClN4O5S. The molecule has 0 bridgehead atoms. The normalized spacial score (nSPS) is 11.7. The summed E-state index contributed by atoms with van der Waals surface area (Å²) in [5.41, 5.74) is 3.77. The van der Waals surface area contributed by atoms with Gasteiger partial charge in [-0.25, -0.2) is 8.42 Å². The van der Waals surface area contributed by atoms with E-state index in [9.17, 15) is 18.5 Å². The van der Waals surface area contributed by atoms with Crippen LogP contribution < -0.4 is 14.9 Å². The molecule has 0 spiro atoms. The number of nitrogens with one attached hydrogen (secondary N) is 2. The minimum Gasteiger partial charge on any atom is -0.495 e. The fraction of sp³-hybridized carbons (Fsp3) is 0.0952. The summed E-state index contributed by atoms with van der Waals surface area (Å²) in [6, 6.07) is 16.9. The van der Waals surface area contributed by atoms with Gasteiger partial charge in [0.25, 0.3) is 15.7 Å².